The Morgan fingerprint density at radius 1 is 1.07 bits per heavy atom. The van der Waals surface area contributed by atoms with E-state index in [2.05, 4.69) is 0 Å². The standard InChI is InChI=1S/C19H20N2O5S/c22-19(14-3-5-25-12-14)20-8-15-10-21(11-16(15)9-20)27(23,24)17-1-2-18-13(7-17)4-6-26-18/h1-2,4,6-7,14H,3,5,8-12H2/t14-/m0/s1. The number of sulfonamides is 1. The number of ether oxygens (including phenoxy) is 1. The lowest BCUT2D eigenvalue weighted by atomic mass is 10.1. The van der Waals surface area contributed by atoms with Crippen molar-refractivity contribution in [3.8, 4) is 0 Å². The highest BCUT2D eigenvalue weighted by Gasteiger charge is 2.39. The first kappa shape index (κ1) is 17.0. The summed E-state index contributed by atoms with van der Waals surface area (Å²) in [6.07, 6.45) is 2.32. The van der Waals surface area contributed by atoms with E-state index < -0.39 is 10.0 Å². The molecule has 1 amide bonds. The van der Waals surface area contributed by atoms with Gasteiger partial charge in [-0.15, -0.1) is 0 Å². The minimum Gasteiger partial charge on any atom is -0.464 e. The number of benzene rings is 1. The van der Waals surface area contributed by atoms with Gasteiger partial charge in [0.25, 0.3) is 0 Å². The quantitative estimate of drug-likeness (QED) is 0.747. The number of hydrogen-bond donors (Lipinski definition) is 0. The van der Waals surface area contributed by atoms with E-state index in [1.807, 2.05) is 4.90 Å². The fourth-order valence-electron chi connectivity index (χ4n) is 4.11. The Morgan fingerprint density at radius 2 is 1.85 bits per heavy atom. The molecule has 8 heteroatoms. The summed E-state index contributed by atoms with van der Waals surface area (Å²) in [5.41, 5.74) is 2.77. The van der Waals surface area contributed by atoms with Crippen LogP contribution in [0.4, 0.5) is 0 Å². The lowest BCUT2D eigenvalue weighted by molar-refractivity contribution is -0.134. The minimum atomic E-state index is -3.58. The molecule has 0 aliphatic carbocycles. The van der Waals surface area contributed by atoms with Gasteiger partial charge in [0.05, 0.1) is 23.7 Å². The number of carbonyl (C=O) groups is 1. The number of amides is 1. The zero-order chi connectivity index (χ0) is 18.6. The Morgan fingerprint density at radius 3 is 2.56 bits per heavy atom. The second-order valence-corrected chi connectivity index (χ2v) is 9.29. The lowest BCUT2D eigenvalue weighted by Gasteiger charge is -2.24. The van der Waals surface area contributed by atoms with Crippen LogP contribution in [-0.2, 0) is 19.6 Å². The van der Waals surface area contributed by atoms with Gasteiger partial charge in [0, 0.05) is 38.2 Å². The number of rotatable bonds is 3. The van der Waals surface area contributed by atoms with Crippen LogP contribution in [0.5, 0.6) is 0 Å². The van der Waals surface area contributed by atoms with Gasteiger partial charge in [0.2, 0.25) is 15.9 Å². The molecule has 1 atom stereocenters. The van der Waals surface area contributed by atoms with Crippen molar-refractivity contribution >= 4 is 26.9 Å². The maximum absolute atomic E-state index is 13.0. The van der Waals surface area contributed by atoms with Crippen LogP contribution in [0, 0.1) is 5.92 Å². The van der Waals surface area contributed by atoms with Crippen LogP contribution in [0.3, 0.4) is 0 Å². The smallest absolute Gasteiger partial charge is 0.243 e. The van der Waals surface area contributed by atoms with Gasteiger partial charge in [-0.05, 0) is 41.8 Å². The Labute approximate surface area is 157 Å². The van der Waals surface area contributed by atoms with E-state index in [1.54, 1.807) is 30.5 Å². The molecule has 0 spiro atoms. The summed E-state index contributed by atoms with van der Waals surface area (Å²) in [4.78, 5) is 14.7. The maximum Gasteiger partial charge on any atom is 0.243 e. The molecule has 7 nitrogen and oxygen atoms in total. The van der Waals surface area contributed by atoms with Crippen LogP contribution in [0.1, 0.15) is 6.42 Å². The second-order valence-electron chi connectivity index (χ2n) is 7.36. The molecule has 3 aliphatic rings. The van der Waals surface area contributed by atoms with Crippen molar-refractivity contribution in [1.29, 1.82) is 0 Å². The highest BCUT2D eigenvalue weighted by atomic mass is 32.2. The van der Waals surface area contributed by atoms with E-state index in [0.717, 1.165) is 23.0 Å². The Hall–Kier alpha value is -2.16. The highest BCUT2D eigenvalue weighted by molar-refractivity contribution is 7.89. The molecule has 0 bridgehead atoms. The van der Waals surface area contributed by atoms with Crippen molar-refractivity contribution in [2.75, 3.05) is 39.4 Å². The van der Waals surface area contributed by atoms with Gasteiger partial charge in [-0.1, -0.05) is 0 Å². The monoisotopic (exact) mass is 388 g/mol. The molecule has 1 aromatic heterocycles. The molecule has 3 aliphatic heterocycles. The number of fused-ring (bicyclic) bond motifs is 1. The molecule has 1 saturated heterocycles. The molecule has 0 radical (unpaired) electrons. The van der Waals surface area contributed by atoms with E-state index >= 15 is 0 Å². The van der Waals surface area contributed by atoms with Crippen LogP contribution in [0.15, 0.2) is 51.0 Å². The van der Waals surface area contributed by atoms with Gasteiger partial charge in [0.15, 0.2) is 0 Å². The first-order chi connectivity index (χ1) is 13.0. The van der Waals surface area contributed by atoms with Gasteiger partial charge in [-0.25, -0.2) is 8.42 Å². The van der Waals surface area contributed by atoms with Crippen LogP contribution >= 0.6 is 0 Å². The van der Waals surface area contributed by atoms with Gasteiger partial charge >= 0.3 is 0 Å². The predicted octanol–water partition coefficient (Wildman–Crippen LogP) is 1.61. The molecule has 1 fully saturated rings. The van der Waals surface area contributed by atoms with Gasteiger partial charge in [0.1, 0.15) is 5.58 Å². The summed E-state index contributed by atoms with van der Waals surface area (Å²) in [7, 11) is -3.58. The SMILES string of the molecule is O=C([C@H]1CCOC1)N1CC2=C(C1)CN(S(=O)(=O)c1ccc3occc3c1)C2. The number of furan rings is 1. The summed E-state index contributed by atoms with van der Waals surface area (Å²) in [5.74, 6) is 0.0771. The fraction of sp³-hybridized carbons (Fsp3) is 0.421. The summed E-state index contributed by atoms with van der Waals surface area (Å²) < 4.78 is 38.2. The van der Waals surface area contributed by atoms with Crippen molar-refractivity contribution in [2.24, 2.45) is 5.92 Å². The number of carbonyl (C=O) groups excluding carboxylic acids is 1. The van der Waals surface area contributed by atoms with Gasteiger partial charge in [-0.2, -0.15) is 4.31 Å². The molecule has 0 saturated carbocycles. The van der Waals surface area contributed by atoms with Crippen molar-refractivity contribution in [3.63, 3.8) is 0 Å². The molecular weight excluding hydrogens is 368 g/mol. The van der Waals surface area contributed by atoms with Gasteiger partial charge < -0.3 is 14.1 Å². The average molecular weight is 388 g/mol. The van der Waals surface area contributed by atoms with Crippen molar-refractivity contribution in [2.45, 2.75) is 11.3 Å². The first-order valence-corrected chi connectivity index (χ1v) is 10.5. The molecular formula is C19H20N2O5S. The van der Waals surface area contributed by atoms with Crippen molar-refractivity contribution < 1.29 is 22.4 Å². The summed E-state index contributed by atoms with van der Waals surface area (Å²) in [6, 6.07) is 6.67. The maximum atomic E-state index is 13.0. The molecule has 0 unspecified atom stereocenters. The molecule has 2 aromatic rings. The summed E-state index contributed by atoms with van der Waals surface area (Å²) >= 11 is 0. The summed E-state index contributed by atoms with van der Waals surface area (Å²) in [6.45, 7) is 2.90. The fourth-order valence-corrected chi connectivity index (χ4v) is 5.58. The second kappa shape index (κ2) is 6.19. The average Bonchev–Trinajstić information content (AvgIpc) is 3.43. The number of hydrogen-bond acceptors (Lipinski definition) is 5. The van der Waals surface area contributed by atoms with E-state index in [9.17, 15) is 13.2 Å². The van der Waals surface area contributed by atoms with E-state index in [1.165, 1.54) is 4.31 Å². The Bertz CT molecular complexity index is 1030. The van der Waals surface area contributed by atoms with Crippen LogP contribution in [0.2, 0.25) is 0 Å². The van der Waals surface area contributed by atoms with E-state index in [0.29, 0.717) is 45.0 Å². The lowest BCUT2D eigenvalue weighted by Crippen LogP contribution is -2.39. The molecule has 5 rings (SSSR count). The van der Waals surface area contributed by atoms with Crippen molar-refractivity contribution in [3.05, 3.63) is 41.7 Å². The third-order valence-electron chi connectivity index (χ3n) is 5.65. The Balaban J connectivity index is 1.30. The van der Waals surface area contributed by atoms with Gasteiger partial charge in [-0.3, -0.25) is 4.79 Å². The molecule has 0 N–H and O–H groups in total. The van der Waals surface area contributed by atoms with Crippen molar-refractivity contribution in [1.82, 2.24) is 9.21 Å². The molecule has 4 heterocycles. The van der Waals surface area contributed by atoms with E-state index in [-0.39, 0.29) is 16.7 Å². The predicted molar refractivity (Wildman–Crippen MR) is 97.5 cm³/mol. The first-order valence-electron chi connectivity index (χ1n) is 9.06. The zero-order valence-corrected chi connectivity index (χ0v) is 15.6. The highest BCUT2D eigenvalue weighted by Crippen LogP contribution is 2.32. The largest absolute Gasteiger partial charge is 0.464 e. The zero-order valence-electron chi connectivity index (χ0n) is 14.8. The van der Waals surface area contributed by atoms with Crippen LogP contribution in [-0.4, -0.2) is 62.9 Å². The third-order valence-corrected chi connectivity index (χ3v) is 7.44. The molecule has 27 heavy (non-hydrogen) atoms. The number of nitrogens with zero attached hydrogens (tertiary/aromatic N) is 2. The Kier molecular flexibility index (Phi) is 3.89. The normalized spacial score (nSPS) is 23.6. The van der Waals surface area contributed by atoms with Crippen LogP contribution in [0.25, 0.3) is 11.0 Å². The van der Waals surface area contributed by atoms with Crippen LogP contribution < -0.4 is 0 Å². The molecule has 1 aromatic carbocycles. The topological polar surface area (TPSA) is 80.1 Å². The van der Waals surface area contributed by atoms with E-state index in [4.69, 9.17) is 9.15 Å². The third kappa shape index (κ3) is 2.79. The minimum absolute atomic E-state index is 0.0495. The summed E-state index contributed by atoms with van der Waals surface area (Å²) in [5, 5.41) is 0.770. The molecule has 142 valence electrons.